The maximum atomic E-state index is 13.7. The Balaban J connectivity index is 1.78. The molecule has 1 amide bonds. The van der Waals surface area contributed by atoms with Gasteiger partial charge < -0.3 is 23.9 Å². The molecule has 0 spiro atoms. The number of carbonyl (C=O) groups is 2. The molecule has 4 aromatic rings. The number of benzene rings is 3. The zero-order chi connectivity index (χ0) is 27.7. The SMILES string of the molecule is CCOc1ccc(/C(O)=C2\C(=O)C(=O)N(c3cccc(OC)c3)C2c2cn(C)c3ccccc23)c(OCC)c1. The molecule has 0 aliphatic carbocycles. The van der Waals surface area contributed by atoms with Crippen molar-refractivity contribution in [2.24, 2.45) is 7.05 Å². The molecule has 1 N–H and O–H groups in total. The summed E-state index contributed by atoms with van der Waals surface area (Å²) in [6, 6.07) is 18.8. The first-order valence-corrected chi connectivity index (χ1v) is 12.8. The number of hydrogen-bond acceptors (Lipinski definition) is 6. The number of Topliss-reactive ketones (excluding diaryl/α,β-unsaturated/α-hetero) is 1. The van der Waals surface area contributed by atoms with E-state index >= 15 is 0 Å². The minimum absolute atomic E-state index is 0.0238. The van der Waals surface area contributed by atoms with Crippen LogP contribution in [0.4, 0.5) is 5.69 Å². The van der Waals surface area contributed by atoms with Gasteiger partial charge in [-0.1, -0.05) is 24.3 Å². The van der Waals surface area contributed by atoms with Gasteiger partial charge in [0.05, 0.1) is 37.5 Å². The molecule has 2 heterocycles. The summed E-state index contributed by atoms with van der Waals surface area (Å²) in [4.78, 5) is 28.8. The number of fused-ring (bicyclic) bond motifs is 1. The van der Waals surface area contributed by atoms with Crippen molar-refractivity contribution < 1.29 is 28.9 Å². The van der Waals surface area contributed by atoms with Crippen molar-refractivity contribution in [3.63, 3.8) is 0 Å². The molecule has 1 aliphatic heterocycles. The van der Waals surface area contributed by atoms with Gasteiger partial charge in [-0.05, 0) is 44.2 Å². The summed E-state index contributed by atoms with van der Waals surface area (Å²) in [6.07, 6.45) is 1.89. The van der Waals surface area contributed by atoms with Crippen LogP contribution in [-0.4, -0.2) is 41.7 Å². The topological polar surface area (TPSA) is 90.2 Å². The molecule has 8 nitrogen and oxygen atoms in total. The third-order valence-corrected chi connectivity index (χ3v) is 6.82. The summed E-state index contributed by atoms with van der Waals surface area (Å²) in [5.41, 5.74) is 2.39. The largest absolute Gasteiger partial charge is 0.507 e. The Kier molecular flexibility index (Phi) is 7.02. The summed E-state index contributed by atoms with van der Waals surface area (Å²) in [6.45, 7) is 4.50. The number of carbonyl (C=O) groups excluding carboxylic acids is 2. The van der Waals surface area contributed by atoms with E-state index in [1.807, 2.05) is 55.9 Å². The molecule has 0 bridgehead atoms. The Morgan fingerprint density at radius 3 is 2.44 bits per heavy atom. The first-order valence-electron chi connectivity index (χ1n) is 12.8. The standard InChI is InChI=1S/C31H30N2O6/c1-5-38-21-14-15-23(26(17-21)39-6-2)29(34)27-28(24-18-32(3)25-13-8-7-12-22(24)25)33(31(36)30(27)35)19-10-9-11-20(16-19)37-4/h7-18,28,34H,5-6H2,1-4H3/b29-27+. The van der Waals surface area contributed by atoms with Crippen LogP contribution in [0.5, 0.6) is 17.2 Å². The van der Waals surface area contributed by atoms with Crippen LogP contribution in [0, 0.1) is 0 Å². The molecule has 1 aromatic heterocycles. The maximum absolute atomic E-state index is 13.7. The van der Waals surface area contributed by atoms with E-state index in [1.54, 1.807) is 42.5 Å². The quantitative estimate of drug-likeness (QED) is 0.182. The van der Waals surface area contributed by atoms with Crippen molar-refractivity contribution >= 4 is 34.0 Å². The smallest absolute Gasteiger partial charge is 0.300 e. The Morgan fingerprint density at radius 1 is 0.923 bits per heavy atom. The minimum atomic E-state index is -0.899. The van der Waals surface area contributed by atoms with Crippen molar-refractivity contribution in [3.8, 4) is 17.2 Å². The number of rotatable bonds is 8. The van der Waals surface area contributed by atoms with Crippen molar-refractivity contribution in [3.05, 3.63) is 89.6 Å². The van der Waals surface area contributed by atoms with Gasteiger partial charge in [0.25, 0.3) is 11.7 Å². The van der Waals surface area contributed by atoms with Crippen LogP contribution in [0.15, 0.2) is 78.5 Å². The van der Waals surface area contributed by atoms with E-state index in [4.69, 9.17) is 14.2 Å². The van der Waals surface area contributed by atoms with Gasteiger partial charge in [0, 0.05) is 47.5 Å². The first kappa shape index (κ1) is 25.9. The monoisotopic (exact) mass is 526 g/mol. The van der Waals surface area contributed by atoms with Gasteiger partial charge in [-0.2, -0.15) is 0 Å². The van der Waals surface area contributed by atoms with Crippen LogP contribution in [0.25, 0.3) is 16.7 Å². The van der Waals surface area contributed by atoms with Gasteiger partial charge in [0.15, 0.2) is 0 Å². The number of aliphatic hydroxyl groups excluding tert-OH is 1. The lowest BCUT2D eigenvalue weighted by molar-refractivity contribution is -0.132. The van der Waals surface area contributed by atoms with Crippen LogP contribution in [0.2, 0.25) is 0 Å². The van der Waals surface area contributed by atoms with E-state index in [2.05, 4.69) is 0 Å². The zero-order valence-corrected chi connectivity index (χ0v) is 22.3. The third-order valence-electron chi connectivity index (χ3n) is 6.82. The molecule has 39 heavy (non-hydrogen) atoms. The average molecular weight is 527 g/mol. The van der Waals surface area contributed by atoms with Crippen LogP contribution < -0.4 is 19.1 Å². The predicted octanol–water partition coefficient (Wildman–Crippen LogP) is 5.61. The van der Waals surface area contributed by atoms with Crippen molar-refractivity contribution in [1.82, 2.24) is 4.57 Å². The lowest BCUT2D eigenvalue weighted by Crippen LogP contribution is -2.29. The molecule has 1 unspecified atom stereocenters. The number of aryl methyl sites for hydroxylation is 1. The average Bonchev–Trinajstić information content (AvgIpc) is 3.42. The molecule has 5 rings (SSSR count). The highest BCUT2D eigenvalue weighted by molar-refractivity contribution is 6.52. The number of nitrogens with zero attached hydrogens (tertiary/aromatic N) is 2. The predicted molar refractivity (Wildman–Crippen MR) is 149 cm³/mol. The molecule has 3 aromatic carbocycles. The number of anilines is 1. The number of aliphatic hydroxyl groups is 1. The number of aromatic nitrogens is 1. The van der Waals surface area contributed by atoms with Crippen molar-refractivity contribution in [2.75, 3.05) is 25.2 Å². The van der Waals surface area contributed by atoms with E-state index < -0.39 is 17.7 Å². The molecule has 8 heteroatoms. The zero-order valence-electron chi connectivity index (χ0n) is 22.3. The fraction of sp³-hybridized carbons (Fsp3) is 0.226. The second-order valence-corrected chi connectivity index (χ2v) is 9.11. The number of para-hydroxylation sites is 1. The fourth-order valence-corrected chi connectivity index (χ4v) is 5.12. The third kappa shape index (κ3) is 4.48. The highest BCUT2D eigenvalue weighted by atomic mass is 16.5. The fourth-order valence-electron chi connectivity index (χ4n) is 5.12. The van der Waals surface area contributed by atoms with Crippen LogP contribution >= 0.6 is 0 Å². The molecular weight excluding hydrogens is 496 g/mol. The van der Waals surface area contributed by atoms with Gasteiger partial charge in [-0.3, -0.25) is 14.5 Å². The highest BCUT2D eigenvalue weighted by Gasteiger charge is 2.48. The maximum Gasteiger partial charge on any atom is 0.300 e. The lowest BCUT2D eigenvalue weighted by atomic mass is 9.94. The van der Waals surface area contributed by atoms with E-state index in [1.165, 1.54) is 12.0 Å². The molecule has 0 saturated carbocycles. The summed E-state index contributed by atoms with van der Waals surface area (Å²) >= 11 is 0. The van der Waals surface area contributed by atoms with E-state index in [9.17, 15) is 14.7 Å². The van der Waals surface area contributed by atoms with Gasteiger partial charge in [0.1, 0.15) is 23.0 Å². The molecule has 1 saturated heterocycles. The Labute approximate surface area is 226 Å². The van der Waals surface area contributed by atoms with Crippen LogP contribution in [0.1, 0.15) is 31.0 Å². The van der Waals surface area contributed by atoms with Gasteiger partial charge in [-0.15, -0.1) is 0 Å². The molecule has 1 fully saturated rings. The van der Waals surface area contributed by atoms with E-state index in [0.29, 0.717) is 47.3 Å². The number of methoxy groups -OCH3 is 1. The second-order valence-electron chi connectivity index (χ2n) is 9.11. The lowest BCUT2D eigenvalue weighted by Gasteiger charge is -2.25. The Hall–Kier alpha value is -4.72. The molecule has 1 aliphatic rings. The number of ketones is 1. The molecule has 200 valence electrons. The summed E-state index contributed by atoms with van der Waals surface area (Å²) in [5.74, 6) is -0.388. The van der Waals surface area contributed by atoms with Crippen LogP contribution in [-0.2, 0) is 16.6 Å². The Morgan fingerprint density at radius 2 is 1.69 bits per heavy atom. The minimum Gasteiger partial charge on any atom is -0.507 e. The molecule has 0 radical (unpaired) electrons. The normalized spacial score (nSPS) is 16.6. The van der Waals surface area contributed by atoms with Crippen molar-refractivity contribution in [2.45, 2.75) is 19.9 Å². The summed E-state index contributed by atoms with van der Waals surface area (Å²) < 4.78 is 18.8. The van der Waals surface area contributed by atoms with Gasteiger partial charge >= 0.3 is 0 Å². The number of ether oxygens (including phenoxy) is 3. The Bertz CT molecular complexity index is 1600. The van der Waals surface area contributed by atoms with E-state index in [-0.39, 0.29) is 11.3 Å². The van der Waals surface area contributed by atoms with Gasteiger partial charge in [-0.25, -0.2) is 0 Å². The van der Waals surface area contributed by atoms with Gasteiger partial charge in [0.2, 0.25) is 0 Å². The molecule has 1 atom stereocenters. The second kappa shape index (κ2) is 10.6. The van der Waals surface area contributed by atoms with E-state index in [0.717, 1.165) is 10.9 Å². The van der Waals surface area contributed by atoms with Crippen LogP contribution in [0.3, 0.4) is 0 Å². The number of amides is 1. The highest BCUT2D eigenvalue weighted by Crippen LogP contribution is 2.46. The van der Waals surface area contributed by atoms with Crippen molar-refractivity contribution in [1.29, 1.82) is 0 Å². The molecular formula is C31H30N2O6. The summed E-state index contributed by atoms with van der Waals surface area (Å²) in [7, 11) is 3.44. The summed E-state index contributed by atoms with van der Waals surface area (Å²) in [5, 5.41) is 12.6. The first-order chi connectivity index (χ1) is 18.9. The number of hydrogen-bond donors (Lipinski definition) is 1.